The Morgan fingerprint density at radius 2 is 2.14 bits per heavy atom. The Bertz CT molecular complexity index is 27.3. The van der Waals surface area contributed by atoms with Crippen LogP contribution in [0.3, 0.4) is 0 Å². The molecule has 0 aliphatic heterocycles. The maximum absolute atomic E-state index is 6.66. The quantitative estimate of drug-likeness (QED) is 0.495. The van der Waals surface area contributed by atoms with Crippen LogP contribution in [-0.4, -0.2) is 19.8 Å². The van der Waals surface area contributed by atoms with E-state index in [1.807, 2.05) is 0 Å². The number of ether oxygens (including phenoxy) is 1. The zero-order valence-electron chi connectivity index (χ0n) is 4.74. The van der Waals surface area contributed by atoms with E-state index in [9.17, 15) is 0 Å². The van der Waals surface area contributed by atoms with Gasteiger partial charge >= 0.3 is 0 Å². The number of hydrogen-bond acceptors (Lipinski definition) is 1. The van der Waals surface area contributed by atoms with E-state index in [1.54, 1.807) is 0 Å². The standard InChI is InChI=1S/C5H12NO/c1-2-4-7-5-3-6/h6H,2-5H2,1H3/q-1. The fourth-order valence-corrected chi connectivity index (χ4v) is 0.319. The summed E-state index contributed by atoms with van der Waals surface area (Å²) in [6, 6.07) is 0. The molecule has 0 aromatic heterocycles. The van der Waals surface area contributed by atoms with E-state index >= 15 is 0 Å². The van der Waals surface area contributed by atoms with Crippen LogP contribution in [-0.2, 0) is 4.74 Å². The van der Waals surface area contributed by atoms with Crippen LogP contribution >= 0.6 is 0 Å². The molecule has 0 radical (unpaired) electrons. The first kappa shape index (κ1) is 6.92. The highest BCUT2D eigenvalue weighted by molar-refractivity contribution is 4.45. The Hall–Kier alpha value is -0.0800. The largest absolute Gasteiger partial charge is 0.676 e. The van der Waals surface area contributed by atoms with E-state index in [0.29, 0.717) is 13.2 Å². The van der Waals surface area contributed by atoms with E-state index < -0.39 is 0 Å². The van der Waals surface area contributed by atoms with Gasteiger partial charge in [-0.25, -0.2) is 0 Å². The first-order valence-electron chi connectivity index (χ1n) is 2.64. The fraction of sp³-hybridized carbons (Fsp3) is 1.00. The van der Waals surface area contributed by atoms with Gasteiger partial charge in [0.25, 0.3) is 0 Å². The van der Waals surface area contributed by atoms with Gasteiger partial charge in [0.15, 0.2) is 0 Å². The Balaban J connectivity index is 2.45. The summed E-state index contributed by atoms with van der Waals surface area (Å²) in [5.41, 5.74) is 6.66. The minimum Gasteiger partial charge on any atom is -0.676 e. The summed E-state index contributed by atoms with van der Waals surface area (Å²) in [6.07, 6.45) is 1.06. The van der Waals surface area contributed by atoms with Crippen LogP contribution in [0.15, 0.2) is 0 Å². The van der Waals surface area contributed by atoms with Crippen molar-refractivity contribution in [3.8, 4) is 0 Å². The van der Waals surface area contributed by atoms with Crippen molar-refractivity contribution in [1.82, 2.24) is 0 Å². The molecule has 0 saturated heterocycles. The SMILES string of the molecule is CCCOCC[NH-]. The zero-order chi connectivity index (χ0) is 5.54. The normalized spacial score (nSPS) is 9.43. The first-order valence-corrected chi connectivity index (χ1v) is 2.64. The van der Waals surface area contributed by atoms with Gasteiger partial charge in [0.1, 0.15) is 0 Å². The third kappa shape index (κ3) is 5.92. The molecule has 0 unspecified atom stereocenters. The Morgan fingerprint density at radius 3 is 2.57 bits per heavy atom. The second-order valence-corrected chi connectivity index (χ2v) is 1.36. The van der Waals surface area contributed by atoms with Gasteiger partial charge < -0.3 is 10.5 Å². The van der Waals surface area contributed by atoms with Gasteiger partial charge in [-0.1, -0.05) is 6.92 Å². The summed E-state index contributed by atoms with van der Waals surface area (Å²) in [5, 5.41) is 0. The van der Waals surface area contributed by atoms with E-state index in [0.717, 1.165) is 13.0 Å². The molecule has 0 aromatic rings. The van der Waals surface area contributed by atoms with Crippen molar-refractivity contribution in [3.05, 3.63) is 5.73 Å². The van der Waals surface area contributed by atoms with Crippen molar-refractivity contribution in [1.29, 1.82) is 0 Å². The molecule has 44 valence electrons. The number of hydrogen-bond donors (Lipinski definition) is 0. The molecule has 0 bridgehead atoms. The summed E-state index contributed by atoms with van der Waals surface area (Å²) >= 11 is 0. The van der Waals surface area contributed by atoms with Crippen LogP contribution in [0.2, 0.25) is 0 Å². The molecule has 0 aromatic carbocycles. The molecule has 0 fully saturated rings. The first-order chi connectivity index (χ1) is 3.41. The van der Waals surface area contributed by atoms with Gasteiger partial charge in [0.2, 0.25) is 0 Å². The summed E-state index contributed by atoms with van der Waals surface area (Å²) < 4.78 is 4.94. The molecule has 0 atom stereocenters. The molecule has 0 spiro atoms. The van der Waals surface area contributed by atoms with Crippen LogP contribution in [0.1, 0.15) is 13.3 Å². The molecular weight excluding hydrogens is 90.1 g/mol. The highest BCUT2D eigenvalue weighted by atomic mass is 16.5. The summed E-state index contributed by atoms with van der Waals surface area (Å²) in [4.78, 5) is 0. The van der Waals surface area contributed by atoms with Crippen LogP contribution < -0.4 is 0 Å². The maximum atomic E-state index is 6.66. The molecule has 2 nitrogen and oxygen atoms in total. The third-order valence-corrected chi connectivity index (χ3v) is 0.595. The molecular formula is C5H12NO-. The lowest BCUT2D eigenvalue weighted by Crippen LogP contribution is -1.96. The Morgan fingerprint density at radius 1 is 1.43 bits per heavy atom. The molecule has 2 heteroatoms. The average molecular weight is 102 g/mol. The van der Waals surface area contributed by atoms with Crippen molar-refractivity contribution in [3.63, 3.8) is 0 Å². The molecule has 0 saturated carbocycles. The predicted octanol–water partition coefficient (Wildman–Crippen LogP) is 1.47. The lowest BCUT2D eigenvalue weighted by Gasteiger charge is -2.00. The van der Waals surface area contributed by atoms with Crippen LogP contribution in [0.4, 0.5) is 0 Å². The van der Waals surface area contributed by atoms with Crippen molar-refractivity contribution in [2.24, 2.45) is 0 Å². The highest BCUT2D eigenvalue weighted by Crippen LogP contribution is 1.78. The number of nitrogens with one attached hydrogen (secondary N) is 1. The van der Waals surface area contributed by atoms with Gasteiger partial charge in [-0.05, 0) is 6.42 Å². The Kier molecular flexibility index (Phi) is 5.85. The minimum atomic E-state index is 0.389. The number of rotatable bonds is 4. The van der Waals surface area contributed by atoms with Crippen LogP contribution in [0, 0.1) is 0 Å². The average Bonchev–Trinajstić information content (AvgIpc) is 1.69. The molecule has 0 aliphatic carbocycles. The second kappa shape index (κ2) is 5.92. The molecule has 0 amide bonds. The van der Waals surface area contributed by atoms with Crippen molar-refractivity contribution < 1.29 is 4.74 Å². The van der Waals surface area contributed by atoms with Gasteiger partial charge in [-0.15, -0.1) is 6.54 Å². The lowest BCUT2D eigenvalue weighted by atomic mass is 10.5. The summed E-state index contributed by atoms with van der Waals surface area (Å²) in [5.74, 6) is 0. The van der Waals surface area contributed by atoms with Crippen LogP contribution in [0.5, 0.6) is 0 Å². The lowest BCUT2D eigenvalue weighted by molar-refractivity contribution is 0.147. The molecule has 0 heterocycles. The molecule has 7 heavy (non-hydrogen) atoms. The molecule has 0 rings (SSSR count). The van der Waals surface area contributed by atoms with Crippen molar-refractivity contribution in [2.75, 3.05) is 19.8 Å². The van der Waals surface area contributed by atoms with E-state index in [1.165, 1.54) is 0 Å². The Labute approximate surface area is 44.7 Å². The third-order valence-electron chi connectivity index (χ3n) is 0.595. The van der Waals surface area contributed by atoms with Crippen molar-refractivity contribution >= 4 is 0 Å². The van der Waals surface area contributed by atoms with E-state index in [-0.39, 0.29) is 0 Å². The van der Waals surface area contributed by atoms with Crippen LogP contribution in [0.25, 0.3) is 5.73 Å². The van der Waals surface area contributed by atoms with E-state index in [4.69, 9.17) is 10.5 Å². The zero-order valence-corrected chi connectivity index (χ0v) is 4.74. The van der Waals surface area contributed by atoms with Crippen molar-refractivity contribution in [2.45, 2.75) is 13.3 Å². The van der Waals surface area contributed by atoms with Gasteiger partial charge in [-0.2, -0.15) is 0 Å². The fourth-order valence-electron chi connectivity index (χ4n) is 0.319. The molecule has 0 aliphatic rings. The van der Waals surface area contributed by atoms with E-state index in [2.05, 4.69) is 6.92 Å². The maximum Gasteiger partial charge on any atom is 0.0462 e. The van der Waals surface area contributed by atoms with Gasteiger partial charge in [-0.3, -0.25) is 0 Å². The monoisotopic (exact) mass is 102 g/mol. The minimum absolute atomic E-state index is 0.389. The second-order valence-electron chi connectivity index (χ2n) is 1.36. The summed E-state index contributed by atoms with van der Waals surface area (Å²) in [7, 11) is 0. The highest BCUT2D eigenvalue weighted by Gasteiger charge is 1.74. The summed E-state index contributed by atoms with van der Waals surface area (Å²) in [6.45, 7) is 3.84. The predicted molar refractivity (Wildman–Crippen MR) is 30.3 cm³/mol. The van der Waals surface area contributed by atoms with Gasteiger partial charge in [0, 0.05) is 13.2 Å². The molecule has 1 N–H and O–H groups in total. The smallest absolute Gasteiger partial charge is 0.0462 e. The topological polar surface area (TPSA) is 33.0 Å². The van der Waals surface area contributed by atoms with Gasteiger partial charge in [0.05, 0.1) is 0 Å².